The number of ether oxygens (including phenoxy) is 1. The highest BCUT2D eigenvalue weighted by molar-refractivity contribution is 5.77. The Balaban J connectivity index is 1.49. The molecule has 1 fully saturated rings. The van der Waals surface area contributed by atoms with Gasteiger partial charge in [0, 0.05) is 45.6 Å². The fourth-order valence-electron chi connectivity index (χ4n) is 3.08. The lowest BCUT2D eigenvalue weighted by atomic mass is 10.2. The lowest BCUT2D eigenvalue weighted by molar-refractivity contribution is -0.133. The molecule has 3 rings (SSSR count). The standard InChI is InChI=1S/C19H26N4O2/c1-16-6-3-4-7-17(16)25-15-19(24)23-10-5-9-22(12-13-23)14-18-20-8-11-21(18)2/h3-4,6-8,11H,5,9-10,12-15H2,1-2H3. The summed E-state index contributed by atoms with van der Waals surface area (Å²) in [6.07, 6.45) is 4.76. The molecule has 2 aromatic rings. The summed E-state index contributed by atoms with van der Waals surface area (Å²) in [6, 6.07) is 7.78. The maximum atomic E-state index is 12.5. The van der Waals surface area contributed by atoms with Crippen molar-refractivity contribution in [2.75, 3.05) is 32.8 Å². The lowest BCUT2D eigenvalue weighted by Gasteiger charge is -2.22. The predicted molar refractivity (Wildman–Crippen MR) is 96.4 cm³/mol. The first-order valence-corrected chi connectivity index (χ1v) is 8.78. The topological polar surface area (TPSA) is 50.6 Å². The Morgan fingerprint density at radius 1 is 1.20 bits per heavy atom. The zero-order chi connectivity index (χ0) is 17.6. The number of carbonyl (C=O) groups is 1. The Morgan fingerprint density at radius 3 is 2.80 bits per heavy atom. The van der Waals surface area contributed by atoms with Crippen molar-refractivity contribution in [1.29, 1.82) is 0 Å². The van der Waals surface area contributed by atoms with Crippen molar-refractivity contribution in [3.8, 4) is 5.75 Å². The molecule has 6 nitrogen and oxygen atoms in total. The number of aromatic nitrogens is 2. The van der Waals surface area contributed by atoms with Crippen LogP contribution in [-0.4, -0.2) is 58.0 Å². The minimum absolute atomic E-state index is 0.0575. The number of carbonyl (C=O) groups excluding carboxylic acids is 1. The second-order valence-corrected chi connectivity index (χ2v) is 6.52. The van der Waals surface area contributed by atoms with E-state index in [1.807, 2.05) is 60.1 Å². The zero-order valence-electron chi connectivity index (χ0n) is 15.0. The van der Waals surface area contributed by atoms with E-state index in [1.54, 1.807) is 0 Å². The van der Waals surface area contributed by atoms with E-state index in [0.717, 1.165) is 56.3 Å². The maximum Gasteiger partial charge on any atom is 0.260 e. The fourth-order valence-corrected chi connectivity index (χ4v) is 3.08. The zero-order valence-corrected chi connectivity index (χ0v) is 15.0. The molecule has 1 amide bonds. The van der Waals surface area contributed by atoms with Crippen LogP contribution in [0.1, 0.15) is 17.8 Å². The Morgan fingerprint density at radius 2 is 2.04 bits per heavy atom. The van der Waals surface area contributed by atoms with Gasteiger partial charge in [0.1, 0.15) is 11.6 Å². The molecule has 0 unspecified atom stereocenters. The van der Waals surface area contributed by atoms with E-state index in [4.69, 9.17) is 4.74 Å². The third kappa shape index (κ3) is 4.60. The Labute approximate surface area is 149 Å². The van der Waals surface area contributed by atoms with Crippen LogP contribution >= 0.6 is 0 Å². The van der Waals surface area contributed by atoms with Gasteiger partial charge in [-0.05, 0) is 25.0 Å². The van der Waals surface area contributed by atoms with Crippen LogP contribution < -0.4 is 4.74 Å². The first-order valence-electron chi connectivity index (χ1n) is 8.78. The number of benzene rings is 1. The number of aryl methyl sites for hydroxylation is 2. The molecule has 1 aliphatic rings. The minimum atomic E-state index is 0.0575. The van der Waals surface area contributed by atoms with E-state index in [2.05, 4.69) is 9.88 Å². The summed E-state index contributed by atoms with van der Waals surface area (Å²) in [5.41, 5.74) is 1.05. The third-order valence-corrected chi connectivity index (χ3v) is 4.67. The van der Waals surface area contributed by atoms with Gasteiger partial charge in [-0.3, -0.25) is 9.69 Å². The molecule has 0 saturated carbocycles. The van der Waals surface area contributed by atoms with Crippen LogP contribution in [0.5, 0.6) is 5.75 Å². The SMILES string of the molecule is Cc1ccccc1OCC(=O)N1CCCN(Cc2nccn2C)CC1. The highest BCUT2D eigenvalue weighted by Gasteiger charge is 2.20. The van der Waals surface area contributed by atoms with Crippen molar-refractivity contribution in [2.24, 2.45) is 7.05 Å². The molecule has 6 heteroatoms. The largest absolute Gasteiger partial charge is 0.484 e. The van der Waals surface area contributed by atoms with Gasteiger partial charge in [0.05, 0.1) is 6.54 Å². The molecule has 1 aromatic carbocycles. The van der Waals surface area contributed by atoms with Gasteiger partial charge in [-0.2, -0.15) is 0 Å². The van der Waals surface area contributed by atoms with E-state index >= 15 is 0 Å². The number of hydrogen-bond donors (Lipinski definition) is 0. The number of para-hydroxylation sites is 1. The van der Waals surface area contributed by atoms with Gasteiger partial charge >= 0.3 is 0 Å². The van der Waals surface area contributed by atoms with Crippen molar-refractivity contribution >= 4 is 5.91 Å². The quantitative estimate of drug-likeness (QED) is 0.832. The second kappa shape index (κ2) is 8.16. The molecule has 0 aliphatic carbocycles. The molecule has 0 N–H and O–H groups in total. The third-order valence-electron chi connectivity index (χ3n) is 4.67. The molecule has 0 spiro atoms. The average Bonchev–Trinajstić information content (AvgIpc) is 2.87. The van der Waals surface area contributed by atoms with Gasteiger partial charge in [-0.15, -0.1) is 0 Å². The molecule has 1 aliphatic heterocycles. The maximum absolute atomic E-state index is 12.5. The highest BCUT2D eigenvalue weighted by Crippen LogP contribution is 2.16. The normalized spacial score (nSPS) is 15.8. The average molecular weight is 342 g/mol. The van der Waals surface area contributed by atoms with Gasteiger partial charge in [-0.25, -0.2) is 4.98 Å². The summed E-state index contributed by atoms with van der Waals surface area (Å²) in [4.78, 5) is 21.1. The summed E-state index contributed by atoms with van der Waals surface area (Å²) < 4.78 is 7.75. The molecule has 0 radical (unpaired) electrons. The molecule has 0 atom stereocenters. The Kier molecular flexibility index (Phi) is 5.71. The summed E-state index contributed by atoms with van der Waals surface area (Å²) in [5.74, 6) is 1.90. The van der Waals surface area contributed by atoms with Crippen LogP contribution in [0.25, 0.3) is 0 Å². The number of hydrogen-bond acceptors (Lipinski definition) is 4. The highest BCUT2D eigenvalue weighted by atomic mass is 16.5. The fraction of sp³-hybridized carbons (Fsp3) is 0.474. The molecule has 0 bridgehead atoms. The number of imidazole rings is 1. The molecule has 134 valence electrons. The minimum Gasteiger partial charge on any atom is -0.484 e. The van der Waals surface area contributed by atoms with Crippen LogP contribution in [0.15, 0.2) is 36.7 Å². The van der Waals surface area contributed by atoms with Gasteiger partial charge in [0.2, 0.25) is 0 Å². The van der Waals surface area contributed by atoms with Crippen molar-refractivity contribution in [3.05, 3.63) is 48.0 Å². The summed E-state index contributed by atoms with van der Waals surface area (Å²) >= 11 is 0. The molecule has 2 heterocycles. The number of nitrogens with zero attached hydrogens (tertiary/aromatic N) is 4. The lowest BCUT2D eigenvalue weighted by Crippen LogP contribution is -2.38. The van der Waals surface area contributed by atoms with E-state index in [1.165, 1.54) is 0 Å². The number of amides is 1. The van der Waals surface area contributed by atoms with Crippen LogP contribution in [-0.2, 0) is 18.4 Å². The summed E-state index contributed by atoms with van der Waals surface area (Å²) in [5, 5.41) is 0. The molecular formula is C19H26N4O2. The smallest absolute Gasteiger partial charge is 0.260 e. The van der Waals surface area contributed by atoms with Crippen molar-refractivity contribution in [2.45, 2.75) is 19.9 Å². The van der Waals surface area contributed by atoms with E-state index in [9.17, 15) is 4.79 Å². The van der Waals surface area contributed by atoms with E-state index < -0.39 is 0 Å². The van der Waals surface area contributed by atoms with E-state index in [-0.39, 0.29) is 12.5 Å². The van der Waals surface area contributed by atoms with Crippen LogP contribution in [0.4, 0.5) is 0 Å². The van der Waals surface area contributed by atoms with Gasteiger partial charge in [0.15, 0.2) is 6.61 Å². The van der Waals surface area contributed by atoms with Gasteiger partial charge in [-0.1, -0.05) is 18.2 Å². The molecule has 25 heavy (non-hydrogen) atoms. The summed E-state index contributed by atoms with van der Waals surface area (Å²) in [7, 11) is 2.01. The Hall–Kier alpha value is -2.34. The molecule has 1 saturated heterocycles. The number of rotatable bonds is 5. The van der Waals surface area contributed by atoms with Gasteiger partial charge in [0.25, 0.3) is 5.91 Å². The molecular weight excluding hydrogens is 316 g/mol. The van der Waals surface area contributed by atoms with Crippen LogP contribution in [0.2, 0.25) is 0 Å². The molecule has 1 aromatic heterocycles. The van der Waals surface area contributed by atoms with Crippen LogP contribution in [0.3, 0.4) is 0 Å². The van der Waals surface area contributed by atoms with Crippen molar-refractivity contribution in [3.63, 3.8) is 0 Å². The Bertz CT molecular complexity index is 713. The summed E-state index contributed by atoms with van der Waals surface area (Å²) in [6.45, 7) is 6.28. The second-order valence-electron chi connectivity index (χ2n) is 6.52. The predicted octanol–water partition coefficient (Wildman–Crippen LogP) is 1.84. The van der Waals surface area contributed by atoms with Crippen molar-refractivity contribution in [1.82, 2.24) is 19.4 Å². The van der Waals surface area contributed by atoms with Gasteiger partial charge < -0.3 is 14.2 Å². The first-order chi connectivity index (χ1) is 12.1. The van der Waals surface area contributed by atoms with Crippen LogP contribution in [0, 0.1) is 6.92 Å². The van der Waals surface area contributed by atoms with E-state index in [0.29, 0.717) is 0 Å². The monoisotopic (exact) mass is 342 g/mol. The van der Waals surface area contributed by atoms with Crippen molar-refractivity contribution < 1.29 is 9.53 Å². The first kappa shape index (κ1) is 17.5.